The predicted octanol–water partition coefficient (Wildman–Crippen LogP) is 3.33. The largest absolute Gasteiger partial charge is 0.459 e. The Labute approximate surface area is 122 Å². The number of rotatable bonds is 5. The monoisotopic (exact) mass is 284 g/mol. The molecule has 4 heteroatoms. The molecule has 3 unspecified atom stereocenters. The lowest BCUT2D eigenvalue weighted by atomic mass is 9.75. The lowest BCUT2D eigenvalue weighted by molar-refractivity contribution is -0.174. The number of hydrogen-bond acceptors (Lipinski definition) is 4. The molecule has 0 saturated heterocycles. The molecular weight excluding hydrogens is 256 g/mol. The van der Waals surface area contributed by atoms with Gasteiger partial charge < -0.3 is 9.47 Å². The minimum atomic E-state index is -0.813. The van der Waals surface area contributed by atoms with Crippen LogP contribution in [0.3, 0.4) is 0 Å². The van der Waals surface area contributed by atoms with Crippen molar-refractivity contribution in [3.05, 3.63) is 0 Å². The second-order valence-electron chi connectivity index (χ2n) is 6.29. The van der Waals surface area contributed by atoms with Crippen LogP contribution in [0.1, 0.15) is 60.3 Å². The zero-order valence-electron chi connectivity index (χ0n) is 13.3. The third-order valence-electron chi connectivity index (χ3n) is 4.16. The molecule has 1 rings (SSSR count). The summed E-state index contributed by atoms with van der Waals surface area (Å²) in [5.74, 6) is 0.692. The normalized spacial score (nSPS) is 28.0. The molecule has 0 spiro atoms. The van der Waals surface area contributed by atoms with Gasteiger partial charge in [0, 0.05) is 6.42 Å². The maximum atomic E-state index is 12.0. The molecule has 4 atom stereocenters. The van der Waals surface area contributed by atoms with E-state index in [0.717, 1.165) is 12.8 Å². The summed E-state index contributed by atoms with van der Waals surface area (Å²) in [5, 5.41) is 0. The van der Waals surface area contributed by atoms with E-state index in [1.165, 1.54) is 6.42 Å². The third-order valence-corrected chi connectivity index (χ3v) is 4.16. The van der Waals surface area contributed by atoms with Crippen molar-refractivity contribution < 1.29 is 19.1 Å². The molecule has 0 amide bonds. The van der Waals surface area contributed by atoms with E-state index < -0.39 is 12.1 Å². The van der Waals surface area contributed by atoms with Crippen LogP contribution in [0, 0.1) is 17.8 Å². The lowest BCUT2D eigenvalue weighted by Crippen LogP contribution is -2.38. The van der Waals surface area contributed by atoms with Gasteiger partial charge in [0.1, 0.15) is 6.10 Å². The zero-order chi connectivity index (χ0) is 15.3. The van der Waals surface area contributed by atoms with Gasteiger partial charge in [0.2, 0.25) is 0 Å². The molecule has 0 aromatic heterocycles. The minimum absolute atomic E-state index is 0.0472. The van der Waals surface area contributed by atoms with Gasteiger partial charge >= 0.3 is 11.9 Å². The molecule has 1 fully saturated rings. The fourth-order valence-electron chi connectivity index (χ4n) is 2.82. The van der Waals surface area contributed by atoms with E-state index >= 15 is 0 Å². The summed E-state index contributed by atoms with van der Waals surface area (Å²) in [5.41, 5.74) is 0. The van der Waals surface area contributed by atoms with Gasteiger partial charge in [-0.15, -0.1) is 0 Å². The minimum Gasteiger partial charge on any atom is -0.459 e. The summed E-state index contributed by atoms with van der Waals surface area (Å²) in [6.07, 6.45) is 2.61. The molecule has 0 aromatic carbocycles. The van der Waals surface area contributed by atoms with Crippen LogP contribution >= 0.6 is 0 Å². The van der Waals surface area contributed by atoms with E-state index in [2.05, 4.69) is 20.8 Å². The highest BCUT2D eigenvalue weighted by atomic mass is 16.6. The number of ether oxygens (including phenoxy) is 2. The van der Waals surface area contributed by atoms with E-state index in [0.29, 0.717) is 17.8 Å². The molecule has 4 nitrogen and oxygen atoms in total. The van der Waals surface area contributed by atoms with Gasteiger partial charge in [0.05, 0.1) is 0 Å². The van der Waals surface area contributed by atoms with E-state index in [4.69, 9.17) is 9.47 Å². The molecule has 0 aromatic rings. The Balaban J connectivity index is 2.58. The molecule has 20 heavy (non-hydrogen) atoms. The van der Waals surface area contributed by atoms with Crippen molar-refractivity contribution >= 4 is 11.9 Å². The quantitative estimate of drug-likeness (QED) is 0.727. The van der Waals surface area contributed by atoms with Crippen molar-refractivity contribution in [3.63, 3.8) is 0 Å². The van der Waals surface area contributed by atoms with Gasteiger partial charge in [-0.1, -0.05) is 34.1 Å². The van der Waals surface area contributed by atoms with Gasteiger partial charge in [-0.3, -0.25) is 4.79 Å². The first-order valence-corrected chi connectivity index (χ1v) is 7.75. The van der Waals surface area contributed by atoms with Crippen molar-refractivity contribution in [1.29, 1.82) is 0 Å². The van der Waals surface area contributed by atoms with Crippen LogP contribution in [0.25, 0.3) is 0 Å². The first-order chi connectivity index (χ1) is 9.35. The van der Waals surface area contributed by atoms with Crippen LogP contribution < -0.4 is 0 Å². The van der Waals surface area contributed by atoms with Gasteiger partial charge in [0.15, 0.2) is 6.10 Å². The standard InChI is InChI=1S/C16H28O4/c1-6-15(17)19-12(5)16(18)20-14-9-11(4)7-8-13(14)10(2)3/h10-14H,6-9H2,1-5H3/t11?,12?,13-,14?/m0/s1. The van der Waals surface area contributed by atoms with Crippen LogP contribution in [0.15, 0.2) is 0 Å². The number of esters is 2. The third kappa shape index (κ3) is 4.80. The maximum absolute atomic E-state index is 12.0. The molecule has 0 heterocycles. The van der Waals surface area contributed by atoms with Crippen molar-refractivity contribution in [2.24, 2.45) is 17.8 Å². The SMILES string of the molecule is CCC(=O)OC(C)C(=O)OC1CC(C)CC[C@H]1C(C)C. The van der Waals surface area contributed by atoms with Crippen molar-refractivity contribution in [1.82, 2.24) is 0 Å². The Hall–Kier alpha value is -1.06. The second-order valence-corrected chi connectivity index (χ2v) is 6.29. The van der Waals surface area contributed by atoms with E-state index in [9.17, 15) is 9.59 Å². The Kier molecular flexibility index (Phi) is 6.50. The zero-order valence-corrected chi connectivity index (χ0v) is 13.3. The first-order valence-electron chi connectivity index (χ1n) is 7.75. The fraction of sp³-hybridized carbons (Fsp3) is 0.875. The van der Waals surface area contributed by atoms with Crippen LogP contribution in [-0.4, -0.2) is 24.1 Å². The molecule has 0 bridgehead atoms. The van der Waals surface area contributed by atoms with Gasteiger partial charge in [-0.05, 0) is 37.5 Å². The number of hydrogen-bond donors (Lipinski definition) is 0. The molecule has 1 aliphatic carbocycles. The van der Waals surface area contributed by atoms with Crippen LogP contribution in [0.2, 0.25) is 0 Å². The van der Waals surface area contributed by atoms with Crippen molar-refractivity contribution in [2.75, 3.05) is 0 Å². The van der Waals surface area contributed by atoms with E-state index in [-0.39, 0.29) is 18.5 Å². The maximum Gasteiger partial charge on any atom is 0.347 e. The highest BCUT2D eigenvalue weighted by molar-refractivity contribution is 5.79. The molecular formula is C16H28O4. The smallest absolute Gasteiger partial charge is 0.347 e. The van der Waals surface area contributed by atoms with Gasteiger partial charge in [-0.25, -0.2) is 4.79 Å². The Morgan fingerprint density at radius 1 is 1.20 bits per heavy atom. The highest BCUT2D eigenvalue weighted by Crippen LogP contribution is 2.35. The van der Waals surface area contributed by atoms with Crippen molar-refractivity contribution in [3.8, 4) is 0 Å². The predicted molar refractivity (Wildman–Crippen MR) is 77.1 cm³/mol. The summed E-state index contributed by atoms with van der Waals surface area (Å²) in [6.45, 7) is 9.81. The molecule has 0 N–H and O–H groups in total. The summed E-state index contributed by atoms with van der Waals surface area (Å²) < 4.78 is 10.6. The molecule has 1 saturated carbocycles. The highest BCUT2D eigenvalue weighted by Gasteiger charge is 2.34. The first kappa shape index (κ1) is 17.0. The number of carbonyl (C=O) groups excluding carboxylic acids is 2. The van der Waals surface area contributed by atoms with Gasteiger partial charge in [-0.2, -0.15) is 0 Å². The summed E-state index contributed by atoms with van der Waals surface area (Å²) in [4.78, 5) is 23.3. The Bertz CT molecular complexity index is 337. The van der Waals surface area contributed by atoms with E-state index in [1.807, 2.05) is 0 Å². The van der Waals surface area contributed by atoms with E-state index in [1.54, 1.807) is 13.8 Å². The summed E-state index contributed by atoms with van der Waals surface area (Å²) in [7, 11) is 0. The summed E-state index contributed by atoms with van der Waals surface area (Å²) >= 11 is 0. The average Bonchev–Trinajstić information content (AvgIpc) is 2.38. The van der Waals surface area contributed by atoms with Crippen molar-refractivity contribution in [2.45, 2.75) is 72.5 Å². The lowest BCUT2D eigenvalue weighted by Gasteiger charge is -2.37. The van der Waals surface area contributed by atoms with Gasteiger partial charge in [0.25, 0.3) is 0 Å². The topological polar surface area (TPSA) is 52.6 Å². The van der Waals surface area contributed by atoms with Crippen LogP contribution in [0.4, 0.5) is 0 Å². The Morgan fingerprint density at radius 3 is 2.40 bits per heavy atom. The number of carbonyl (C=O) groups is 2. The molecule has 116 valence electrons. The molecule has 0 radical (unpaired) electrons. The molecule has 1 aliphatic rings. The average molecular weight is 284 g/mol. The molecule has 0 aliphatic heterocycles. The second kappa shape index (κ2) is 7.65. The van der Waals surface area contributed by atoms with Crippen LogP contribution in [-0.2, 0) is 19.1 Å². The van der Waals surface area contributed by atoms with Crippen LogP contribution in [0.5, 0.6) is 0 Å². The fourth-order valence-corrected chi connectivity index (χ4v) is 2.82. The Morgan fingerprint density at radius 2 is 1.85 bits per heavy atom. The summed E-state index contributed by atoms with van der Waals surface area (Å²) in [6, 6.07) is 0.